The number of barbiturate groups is 1. The summed E-state index contributed by atoms with van der Waals surface area (Å²) in [6.45, 7) is 5.67. The van der Waals surface area contributed by atoms with E-state index in [0.717, 1.165) is 16.9 Å². The minimum Gasteiger partial charge on any atom is -0.493 e. The van der Waals surface area contributed by atoms with Gasteiger partial charge in [-0.3, -0.25) is 14.9 Å². The van der Waals surface area contributed by atoms with Gasteiger partial charge in [0.15, 0.2) is 11.5 Å². The van der Waals surface area contributed by atoms with Crippen LogP contribution in [0.25, 0.3) is 6.08 Å². The number of nitrogens with one attached hydrogen (secondary N) is 1. The van der Waals surface area contributed by atoms with E-state index in [0.29, 0.717) is 22.7 Å². The number of ether oxygens (including phenoxy) is 2. The van der Waals surface area contributed by atoms with Gasteiger partial charge in [0.1, 0.15) is 5.57 Å². The van der Waals surface area contributed by atoms with Crippen molar-refractivity contribution in [2.45, 2.75) is 33.3 Å². The van der Waals surface area contributed by atoms with Crippen molar-refractivity contribution in [3.8, 4) is 11.5 Å². The van der Waals surface area contributed by atoms with Crippen LogP contribution in [-0.2, 0) is 9.59 Å². The number of methoxy groups -OCH3 is 1. The Labute approximate surface area is 185 Å². The normalized spacial score (nSPS) is 16.4. The number of hydrogen-bond acceptors (Lipinski definition) is 5. The van der Waals surface area contributed by atoms with Gasteiger partial charge < -0.3 is 9.47 Å². The van der Waals surface area contributed by atoms with E-state index >= 15 is 0 Å². The van der Waals surface area contributed by atoms with E-state index in [4.69, 9.17) is 21.1 Å². The Bertz CT molecular complexity index is 1080. The highest BCUT2D eigenvalue weighted by Crippen LogP contribution is 2.38. The molecule has 31 heavy (non-hydrogen) atoms. The van der Waals surface area contributed by atoms with Gasteiger partial charge in [-0.15, -0.1) is 0 Å². The maximum atomic E-state index is 13.1. The molecule has 1 fully saturated rings. The summed E-state index contributed by atoms with van der Waals surface area (Å²) in [5.74, 6) is -0.750. The zero-order valence-corrected chi connectivity index (χ0v) is 18.4. The molecule has 0 radical (unpaired) electrons. The first-order valence-electron chi connectivity index (χ1n) is 9.78. The maximum Gasteiger partial charge on any atom is 0.335 e. The summed E-state index contributed by atoms with van der Waals surface area (Å²) in [4.78, 5) is 38.8. The van der Waals surface area contributed by atoms with Crippen molar-refractivity contribution in [3.05, 3.63) is 58.1 Å². The van der Waals surface area contributed by atoms with E-state index in [1.165, 1.54) is 13.2 Å². The Balaban J connectivity index is 2.03. The fourth-order valence-electron chi connectivity index (χ4n) is 3.08. The number of halogens is 1. The topological polar surface area (TPSA) is 84.9 Å². The Morgan fingerprint density at radius 3 is 2.55 bits per heavy atom. The molecule has 1 heterocycles. The monoisotopic (exact) mass is 442 g/mol. The molecule has 1 saturated heterocycles. The van der Waals surface area contributed by atoms with Crippen LogP contribution in [0.3, 0.4) is 0 Å². The van der Waals surface area contributed by atoms with Crippen molar-refractivity contribution in [3.63, 3.8) is 0 Å². The lowest BCUT2D eigenvalue weighted by atomic mass is 10.1. The Hall–Kier alpha value is -3.32. The van der Waals surface area contributed by atoms with Gasteiger partial charge in [0.25, 0.3) is 11.8 Å². The maximum absolute atomic E-state index is 13.1. The SMILES string of the molecule is CC[C@@H](C)Oc1c(Cl)cc(/C=C2\C(=O)NC(=O)N(c3ccccc3C)C2=O)cc1OC. The molecule has 2 aromatic rings. The minimum absolute atomic E-state index is 0.0741. The number of imide groups is 2. The van der Waals surface area contributed by atoms with E-state index in [1.807, 2.05) is 13.8 Å². The number of hydrogen-bond donors (Lipinski definition) is 1. The van der Waals surface area contributed by atoms with Gasteiger partial charge in [-0.05, 0) is 55.7 Å². The molecule has 2 aromatic carbocycles. The van der Waals surface area contributed by atoms with Gasteiger partial charge in [0, 0.05) is 0 Å². The number of anilines is 1. The molecule has 1 N–H and O–H groups in total. The van der Waals surface area contributed by atoms with Crippen LogP contribution in [0.15, 0.2) is 42.0 Å². The van der Waals surface area contributed by atoms with Gasteiger partial charge in [0.05, 0.1) is 23.9 Å². The minimum atomic E-state index is -0.797. The lowest BCUT2D eigenvalue weighted by Gasteiger charge is -2.27. The molecule has 0 spiro atoms. The average Bonchev–Trinajstić information content (AvgIpc) is 2.73. The summed E-state index contributed by atoms with van der Waals surface area (Å²) in [7, 11) is 1.48. The fraction of sp³-hybridized carbons (Fsp3) is 0.261. The summed E-state index contributed by atoms with van der Waals surface area (Å²) >= 11 is 6.39. The predicted molar refractivity (Wildman–Crippen MR) is 119 cm³/mol. The zero-order valence-electron chi connectivity index (χ0n) is 17.7. The van der Waals surface area contributed by atoms with Gasteiger partial charge in [-0.25, -0.2) is 9.69 Å². The third-order valence-corrected chi connectivity index (χ3v) is 5.20. The summed E-state index contributed by atoms with van der Waals surface area (Å²) in [5.41, 5.74) is 1.37. The highest BCUT2D eigenvalue weighted by Gasteiger charge is 2.37. The molecule has 0 aliphatic carbocycles. The van der Waals surface area contributed by atoms with Crippen molar-refractivity contribution >= 4 is 41.2 Å². The molecule has 0 aromatic heterocycles. The van der Waals surface area contributed by atoms with Crippen LogP contribution < -0.4 is 19.7 Å². The summed E-state index contributed by atoms with van der Waals surface area (Å²) in [6.07, 6.45) is 2.08. The van der Waals surface area contributed by atoms with Crippen LogP contribution in [0.5, 0.6) is 11.5 Å². The second-order valence-electron chi connectivity index (χ2n) is 7.12. The summed E-state index contributed by atoms with van der Waals surface area (Å²) in [6, 6.07) is 9.32. The van der Waals surface area contributed by atoms with E-state index < -0.39 is 17.8 Å². The molecule has 0 bridgehead atoms. The van der Waals surface area contributed by atoms with Gasteiger partial charge in [-0.2, -0.15) is 0 Å². The fourth-order valence-corrected chi connectivity index (χ4v) is 3.34. The molecule has 0 saturated carbocycles. The van der Waals surface area contributed by atoms with Crippen LogP contribution in [0.2, 0.25) is 5.02 Å². The molecule has 7 nitrogen and oxygen atoms in total. The Kier molecular flexibility index (Phi) is 6.65. The number of benzene rings is 2. The number of amides is 4. The first-order chi connectivity index (χ1) is 14.8. The molecule has 1 aliphatic heterocycles. The number of carbonyl (C=O) groups excluding carboxylic acids is 3. The number of rotatable bonds is 6. The largest absolute Gasteiger partial charge is 0.493 e. The van der Waals surface area contributed by atoms with Crippen LogP contribution in [0, 0.1) is 6.92 Å². The van der Waals surface area contributed by atoms with Gasteiger partial charge in [0.2, 0.25) is 0 Å². The van der Waals surface area contributed by atoms with Crippen LogP contribution in [0.4, 0.5) is 10.5 Å². The smallest absolute Gasteiger partial charge is 0.335 e. The van der Waals surface area contributed by atoms with Crippen LogP contribution in [-0.4, -0.2) is 31.1 Å². The van der Waals surface area contributed by atoms with Crippen molar-refractivity contribution in [1.29, 1.82) is 0 Å². The number of urea groups is 1. The number of para-hydroxylation sites is 1. The average molecular weight is 443 g/mol. The molecule has 1 aliphatic rings. The molecule has 3 rings (SSSR count). The quantitative estimate of drug-likeness (QED) is 0.526. The molecular weight excluding hydrogens is 420 g/mol. The lowest BCUT2D eigenvalue weighted by Crippen LogP contribution is -2.54. The van der Waals surface area contributed by atoms with E-state index in [1.54, 1.807) is 43.3 Å². The molecule has 4 amide bonds. The molecular formula is C23H23ClN2O5. The van der Waals surface area contributed by atoms with Crippen molar-refractivity contribution in [1.82, 2.24) is 5.32 Å². The lowest BCUT2D eigenvalue weighted by molar-refractivity contribution is -0.122. The second-order valence-corrected chi connectivity index (χ2v) is 7.52. The number of carbonyl (C=O) groups is 3. The summed E-state index contributed by atoms with van der Waals surface area (Å²) < 4.78 is 11.2. The van der Waals surface area contributed by atoms with Crippen LogP contribution >= 0.6 is 11.6 Å². The number of aryl methyl sites for hydroxylation is 1. The summed E-state index contributed by atoms with van der Waals surface area (Å²) in [5, 5.41) is 2.49. The first-order valence-corrected chi connectivity index (χ1v) is 10.2. The van der Waals surface area contributed by atoms with E-state index in [2.05, 4.69) is 5.32 Å². The highest BCUT2D eigenvalue weighted by atomic mass is 35.5. The third-order valence-electron chi connectivity index (χ3n) is 4.91. The first kappa shape index (κ1) is 22.4. The zero-order chi connectivity index (χ0) is 22.7. The van der Waals surface area contributed by atoms with E-state index in [-0.39, 0.29) is 16.7 Å². The van der Waals surface area contributed by atoms with Crippen molar-refractivity contribution < 1.29 is 23.9 Å². The third kappa shape index (κ3) is 4.56. The Morgan fingerprint density at radius 1 is 1.19 bits per heavy atom. The standard InChI is InChI=1S/C23H23ClN2O5/c1-5-14(3)31-20-17(24)11-15(12-19(20)30-4)10-16-21(27)25-23(29)26(22(16)28)18-9-7-6-8-13(18)2/h6-12,14H,5H2,1-4H3,(H,25,27,29)/b16-10+/t14-/m1/s1. The molecule has 1 atom stereocenters. The van der Waals surface area contributed by atoms with Gasteiger partial charge >= 0.3 is 6.03 Å². The second kappa shape index (κ2) is 9.22. The van der Waals surface area contributed by atoms with E-state index in [9.17, 15) is 14.4 Å². The molecule has 0 unspecified atom stereocenters. The van der Waals surface area contributed by atoms with Crippen molar-refractivity contribution in [2.75, 3.05) is 12.0 Å². The molecule has 162 valence electrons. The van der Waals surface area contributed by atoms with Crippen molar-refractivity contribution in [2.24, 2.45) is 0 Å². The highest BCUT2D eigenvalue weighted by molar-refractivity contribution is 6.39. The van der Waals surface area contributed by atoms with Crippen LogP contribution in [0.1, 0.15) is 31.4 Å². The number of nitrogens with zero attached hydrogens (tertiary/aromatic N) is 1. The Morgan fingerprint density at radius 2 is 1.90 bits per heavy atom. The van der Waals surface area contributed by atoms with Gasteiger partial charge in [-0.1, -0.05) is 36.7 Å². The molecule has 8 heteroatoms. The predicted octanol–water partition coefficient (Wildman–Crippen LogP) is 4.50.